The van der Waals surface area contributed by atoms with Crippen LogP contribution >= 0.6 is 11.6 Å². The first-order valence-corrected chi connectivity index (χ1v) is 5.37. The van der Waals surface area contributed by atoms with Gasteiger partial charge in [-0.2, -0.15) is 0 Å². The lowest BCUT2D eigenvalue weighted by atomic mass is 10.0. The molecule has 3 nitrogen and oxygen atoms in total. The first kappa shape index (κ1) is 11.6. The van der Waals surface area contributed by atoms with Gasteiger partial charge in [0, 0.05) is 22.8 Å². The van der Waals surface area contributed by atoms with E-state index in [-0.39, 0.29) is 0 Å². The molecule has 0 aliphatic rings. The lowest BCUT2D eigenvalue weighted by Gasteiger charge is -2.07. The van der Waals surface area contributed by atoms with Crippen LogP contribution < -0.4 is 4.74 Å². The number of carbonyl (C=O) groups is 1. The zero-order valence-corrected chi connectivity index (χ0v) is 9.94. The summed E-state index contributed by atoms with van der Waals surface area (Å²) in [6, 6.07) is 8.70. The van der Waals surface area contributed by atoms with E-state index in [4.69, 9.17) is 16.3 Å². The first-order valence-electron chi connectivity index (χ1n) is 4.99. The molecule has 0 spiro atoms. The average Bonchev–Trinajstić information content (AvgIpc) is 2.39. The van der Waals surface area contributed by atoms with Crippen LogP contribution in [0.4, 0.5) is 0 Å². The minimum Gasteiger partial charge on any atom is -0.481 e. The Hall–Kier alpha value is -1.87. The van der Waals surface area contributed by atoms with Gasteiger partial charge in [-0.05, 0) is 35.4 Å². The highest BCUT2D eigenvalue weighted by Crippen LogP contribution is 2.27. The molecule has 0 bridgehead atoms. The zero-order valence-electron chi connectivity index (χ0n) is 9.18. The molecule has 4 heteroatoms. The molecule has 0 saturated heterocycles. The maximum Gasteiger partial charge on any atom is 0.213 e. The Morgan fingerprint density at radius 2 is 2.12 bits per heavy atom. The largest absolute Gasteiger partial charge is 0.481 e. The number of aldehydes is 1. The molecule has 0 N–H and O–H groups in total. The first-order chi connectivity index (χ1) is 8.24. The van der Waals surface area contributed by atoms with Gasteiger partial charge in [-0.15, -0.1) is 0 Å². The maximum atomic E-state index is 11.0. The van der Waals surface area contributed by atoms with Gasteiger partial charge in [0.1, 0.15) is 0 Å². The normalized spacial score (nSPS) is 10.0. The number of halogens is 1. The van der Waals surface area contributed by atoms with E-state index in [2.05, 4.69) is 4.98 Å². The van der Waals surface area contributed by atoms with Crippen molar-refractivity contribution in [3.8, 4) is 17.0 Å². The van der Waals surface area contributed by atoms with Gasteiger partial charge in [-0.3, -0.25) is 4.79 Å². The van der Waals surface area contributed by atoms with Gasteiger partial charge in [0.2, 0.25) is 5.88 Å². The zero-order chi connectivity index (χ0) is 12.3. The van der Waals surface area contributed by atoms with Crippen molar-refractivity contribution in [3.63, 3.8) is 0 Å². The monoisotopic (exact) mass is 247 g/mol. The average molecular weight is 248 g/mol. The van der Waals surface area contributed by atoms with Crippen LogP contribution in [0.15, 0.2) is 36.5 Å². The van der Waals surface area contributed by atoms with Crippen molar-refractivity contribution in [1.29, 1.82) is 0 Å². The van der Waals surface area contributed by atoms with E-state index in [1.165, 1.54) is 0 Å². The Morgan fingerprint density at radius 1 is 1.29 bits per heavy atom. The number of pyridine rings is 1. The van der Waals surface area contributed by atoms with Crippen LogP contribution in [0.3, 0.4) is 0 Å². The van der Waals surface area contributed by atoms with Crippen molar-refractivity contribution in [2.75, 3.05) is 7.11 Å². The summed E-state index contributed by atoms with van der Waals surface area (Å²) in [6.07, 6.45) is 2.43. The second kappa shape index (κ2) is 4.97. The molecular weight excluding hydrogens is 238 g/mol. The predicted molar refractivity (Wildman–Crippen MR) is 66.6 cm³/mol. The van der Waals surface area contributed by atoms with Crippen LogP contribution in [0, 0.1) is 0 Å². The quantitative estimate of drug-likeness (QED) is 0.782. The van der Waals surface area contributed by atoms with Crippen LogP contribution in [-0.4, -0.2) is 18.4 Å². The van der Waals surface area contributed by atoms with Crippen molar-refractivity contribution < 1.29 is 9.53 Å². The molecule has 2 rings (SSSR count). The summed E-state index contributed by atoms with van der Waals surface area (Å²) < 4.78 is 5.05. The highest BCUT2D eigenvalue weighted by molar-refractivity contribution is 6.31. The third-order valence-corrected chi connectivity index (χ3v) is 2.63. The molecule has 2 aromatic rings. The van der Waals surface area contributed by atoms with Gasteiger partial charge >= 0.3 is 0 Å². The molecule has 86 valence electrons. The Bertz CT molecular complexity index is 555. The fourth-order valence-corrected chi connectivity index (χ4v) is 1.74. The molecule has 0 aliphatic carbocycles. The van der Waals surface area contributed by atoms with E-state index in [0.717, 1.165) is 17.4 Å². The number of ether oxygens (including phenoxy) is 1. The molecule has 0 aliphatic heterocycles. The third-order valence-electron chi connectivity index (χ3n) is 2.40. The van der Waals surface area contributed by atoms with E-state index in [1.54, 1.807) is 43.6 Å². The number of carbonyl (C=O) groups excluding carboxylic acids is 1. The van der Waals surface area contributed by atoms with Crippen LogP contribution in [0.2, 0.25) is 5.02 Å². The van der Waals surface area contributed by atoms with Gasteiger partial charge in [0.05, 0.1) is 7.11 Å². The highest BCUT2D eigenvalue weighted by Gasteiger charge is 2.06. The van der Waals surface area contributed by atoms with Gasteiger partial charge in [0.15, 0.2) is 6.29 Å². The van der Waals surface area contributed by atoms with E-state index in [1.807, 2.05) is 0 Å². The number of rotatable bonds is 3. The summed E-state index contributed by atoms with van der Waals surface area (Å²) >= 11 is 5.93. The molecule has 0 saturated carbocycles. The summed E-state index contributed by atoms with van der Waals surface area (Å²) in [7, 11) is 1.55. The lowest BCUT2D eigenvalue weighted by Crippen LogP contribution is -1.91. The Kier molecular flexibility index (Phi) is 3.40. The topological polar surface area (TPSA) is 39.2 Å². The SMILES string of the molecule is COc1cc(-c2cc(Cl)ccc2C=O)ccn1. The fraction of sp³-hybridized carbons (Fsp3) is 0.0769. The minimum atomic E-state index is 0.499. The van der Waals surface area contributed by atoms with Crippen molar-refractivity contribution >= 4 is 17.9 Å². The molecule has 1 aromatic carbocycles. The molecule has 1 heterocycles. The summed E-state index contributed by atoms with van der Waals surface area (Å²) in [6.45, 7) is 0. The van der Waals surface area contributed by atoms with E-state index in [9.17, 15) is 4.79 Å². The van der Waals surface area contributed by atoms with E-state index >= 15 is 0 Å². The Morgan fingerprint density at radius 3 is 2.82 bits per heavy atom. The molecule has 1 aromatic heterocycles. The molecule has 0 radical (unpaired) electrons. The van der Waals surface area contributed by atoms with E-state index < -0.39 is 0 Å². The second-order valence-corrected chi connectivity index (χ2v) is 3.87. The Balaban J connectivity index is 2.58. The highest BCUT2D eigenvalue weighted by atomic mass is 35.5. The van der Waals surface area contributed by atoms with Gasteiger partial charge in [-0.1, -0.05) is 11.6 Å². The number of hydrogen-bond donors (Lipinski definition) is 0. The number of aromatic nitrogens is 1. The summed E-state index contributed by atoms with van der Waals surface area (Å²) in [4.78, 5) is 15.0. The van der Waals surface area contributed by atoms with Gasteiger partial charge < -0.3 is 4.74 Å². The molecule has 0 fully saturated rings. The van der Waals surface area contributed by atoms with Gasteiger partial charge in [0.25, 0.3) is 0 Å². The summed E-state index contributed by atoms with van der Waals surface area (Å²) in [5.41, 5.74) is 2.21. The lowest BCUT2D eigenvalue weighted by molar-refractivity contribution is 0.112. The maximum absolute atomic E-state index is 11.0. The standard InChI is InChI=1S/C13H10ClNO2/c1-17-13-6-9(4-5-15-13)12-7-11(14)3-2-10(12)8-16/h2-8H,1H3. The minimum absolute atomic E-state index is 0.499. The van der Waals surface area contributed by atoms with Crippen LogP contribution in [0.25, 0.3) is 11.1 Å². The molecule has 0 unspecified atom stereocenters. The van der Waals surface area contributed by atoms with Crippen LogP contribution in [-0.2, 0) is 0 Å². The van der Waals surface area contributed by atoms with Crippen LogP contribution in [0.5, 0.6) is 5.88 Å². The molecule has 0 amide bonds. The van der Waals surface area contributed by atoms with Crippen molar-refractivity contribution in [2.24, 2.45) is 0 Å². The smallest absolute Gasteiger partial charge is 0.213 e. The van der Waals surface area contributed by atoms with Gasteiger partial charge in [-0.25, -0.2) is 4.98 Å². The molecule has 17 heavy (non-hydrogen) atoms. The number of nitrogens with zero attached hydrogens (tertiary/aromatic N) is 1. The van der Waals surface area contributed by atoms with Crippen molar-refractivity contribution in [1.82, 2.24) is 4.98 Å². The van der Waals surface area contributed by atoms with Crippen LogP contribution in [0.1, 0.15) is 10.4 Å². The van der Waals surface area contributed by atoms with E-state index in [0.29, 0.717) is 16.5 Å². The molecular formula is C13H10ClNO2. The third kappa shape index (κ3) is 2.45. The Labute approximate surface area is 104 Å². The van der Waals surface area contributed by atoms with Crippen molar-refractivity contribution in [3.05, 3.63) is 47.1 Å². The predicted octanol–water partition coefficient (Wildman–Crippen LogP) is 3.22. The van der Waals surface area contributed by atoms with Crippen molar-refractivity contribution in [2.45, 2.75) is 0 Å². The molecule has 0 atom stereocenters. The second-order valence-electron chi connectivity index (χ2n) is 3.44. The number of methoxy groups -OCH3 is 1. The number of benzene rings is 1. The number of hydrogen-bond acceptors (Lipinski definition) is 3. The summed E-state index contributed by atoms with van der Waals surface area (Å²) in [5.74, 6) is 0.499. The summed E-state index contributed by atoms with van der Waals surface area (Å²) in [5, 5.41) is 0.585. The fourth-order valence-electron chi connectivity index (χ4n) is 1.57.